The van der Waals surface area contributed by atoms with E-state index in [4.69, 9.17) is 16.3 Å². The van der Waals surface area contributed by atoms with Crippen LogP contribution in [0.4, 0.5) is 5.69 Å². The van der Waals surface area contributed by atoms with E-state index < -0.39 is 0 Å². The molecule has 1 aliphatic rings. The molecule has 0 spiro atoms. The maximum atomic E-state index is 5.81. The first-order valence-corrected chi connectivity index (χ1v) is 8.24. The second kappa shape index (κ2) is 7.20. The molecule has 2 heterocycles. The maximum Gasteiger partial charge on any atom is 0.137 e. The van der Waals surface area contributed by atoms with Crippen molar-refractivity contribution in [2.24, 2.45) is 0 Å². The van der Waals surface area contributed by atoms with Crippen LogP contribution in [0.15, 0.2) is 42.6 Å². The lowest BCUT2D eigenvalue weighted by Gasteiger charge is -2.40. The minimum absolute atomic E-state index is 0.471. The van der Waals surface area contributed by atoms with Crippen LogP contribution >= 0.6 is 11.6 Å². The molecule has 1 fully saturated rings. The molecule has 5 heteroatoms. The lowest BCUT2D eigenvalue weighted by molar-refractivity contribution is 0.0435. The van der Waals surface area contributed by atoms with Gasteiger partial charge in [-0.25, -0.2) is 4.98 Å². The molecule has 0 saturated carbocycles. The van der Waals surface area contributed by atoms with E-state index in [0.717, 1.165) is 18.8 Å². The molecule has 23 heavy (non-hydrogen) atoms. The van der Waals surface area contributed by atoms with Gasteiger partial charge in [-0.2, -0.15) is 0 Å². The van der Waals surface area contributed by atoms with Gasteiger partial charge in [0.15, 0.2) is 0 Å². The van der Waals surface area contributed by atoms with Crippen LogP contribution in [-0.4, -0.2) is 43.2 Å². The van der Waals surface area contributed by atoms with Crippen molar-refractivity contribution in [3.05, 3.63) is 53.3 Å². The molecule has 4 nitrogen and oxygen atoms in total. The highest BCUT2D eigenvalue weighted by Gasteiger charge is 2.28. The second-order valence-electron chi connectivity index (χ2n) is 6.10. The van der Waals surface area contributed by atoms with E-state index in [9.17, 15) is 0 Å². The number of likely N-dealkylation sites (tertiary alicyclic amines) is 1. The summed E-state index contributed by atoms with van der Waals surface area (Å²) in [6, 6.07) is 12.8. The van der Waals surface area contributed by atoms with E-state index in [1.165, 1.54) is 17.7 Å². The van der Waals surface area contributed by atoms with E-state index in [-0.39, 0.29) is 0 Å². The van der Waals surface area contributed by atoms with Crippen LogP contribution in [0, 0.1) is 0 Å². The van der Waals surface area contributed by atoms with Crippen molar-refractivity contribution in [1.82, 2.24) is 9.88 Å². The molecule has 1 aliphatic heterocycles. The first kappa shape index (κ1) is 16.1. The number of halogens is 1. The van der Waals surface area contributed by atoms with Crippen LogP contribution in [-0.2, 0) is 6.54 Å². The van der Waals surface area contributed by atoms with Gasteiger partial charge < -0.3 is 9.64 Å². The van der Waals surface area contributed by atoms with E-state index >= 15 is 0 Å². The number of nitrogens with zero attached hydrogens (tertiary/aromatic N) is 3. The minimum Gasteiger partial charge on any atom is -0.490 e. The summed E-state index contributed by atoms with van der Waals surface area (Å²) in [5.74, 6) is 0.775. The van der Waals surface area contributed by atoms with Crippen LogP contribution < -0.4 is 9.64 Å². The molecule has 0 radical (unpaired) electrons. The van der Waals surface area contributed by atoms with Gasteiger partial charge in [-0.05, 0) is 36.2 Å². The van der Waals surface area contributed by atoms with E-state index in [1.807, 2.05) is 6.07 Å². The quantitative estimate of drug-likeness (QED) is 0.758. The van der Waals surface area contributed by atoms with Crippen LogP contribution in [0.25, 0.3) is 0 Å². The van der Waals surface area contributed by atoms with Gasteiger partial charge in [0.25, 0.3) is 0 Å². The summed E-state index contributed by atoms with van der Waals surface area (Å²) in [4.78, 5) is 8.60. The van der Waals surface area contributed by atoms with Crippen LogP contribution in [0.5, 0.6) is 5.75 Å². The summed E-state index contributed by atoms with van der Waals surface area (Å²) < 4.78 is 5.81. The molecule has 1 atom stereocenters. The van der Waals surface area contributed by atoms with Gasteiger partial charge in [-0.1, -0.05) is 23.7 Å². The number of pyridine rings is 1. The molecule has 122 valence electrons. The highest BCUT2D eigenvalue weighted by atomic mass is 35.5. The Hall–Kier alpha value is -1.78. The maximum absolute atomic E-state index is 5.81. The average molecular weight is 332 g/mol. The van der Waals surface area contributed by atoms with Crippen molar-refractivity contribution in [2.75, 3.05) is 32.1 Å². The summed E-state index contributed by atoms with van der Waals surface area (Å²) in [5, 5.41) is 0.490. The van der Waals surface area contributed by atoms with Crippen molar-refractivity contribution in [3.63, 3.8) is 0 Å². The summed E-state index contributed by atoms with van der Waals surface area (Å²) >= 11 is 5.78. The van der Waals surface area contributed by atoms with Crippen molar-refractivity contribution in [1.29, 1.82) is 0 Å². The molecule has 2 aromatic rings. The smallest absolute Gasteiger partial charge is 0.137 e. The fourth-order valence-electron chi connectivity index (χ4n) is 2.67. The molecule has 3 rings (SSSR count). The monoisotopic (exact) mass is 331 g/mol. The highest BCUT2D eigenvalue weighted by molar-refractivity contribution is 6.29. The first-order chi connectivity index (χ1) is 11.1. The molecule has 0 amide bonds. The van der Waals surface area contributed by atoms with Gasteiger partial charge in [0.1, 0.15) is 17.5 Å². The number of hydrogen-bond donors (Lipinski definition) is 0. The third kappa shape index (κ3) is 4.15. The average Bonchev–Trinajstić information content (AvgIpc) is 2.54. The molecular formula is C18H22ClN3O. The SMILES string of the molecule is CN(C)c1ccc(CN2CC[C@H]2COc2ccc(Cl)nc2)cc1. The van der Waals surface area contributed by atoms with Gasteiger partial charge in [0.05, 0.1) is 6.20 Å². The molecule has 1 saturated heterocycles. The Morgan fingerprint density at radius 1 is 1.22 bits per heavy atom. The first-order valence-electron chi connectivity index (χ1n) is 7.86. The van der Waals surface area contributed by atoms with Crippen molar-refractivity contribution in [2.45, 2.75) is 19.0 Å². The van der Waals surface area contributed by atoms with Crippen LogP contribution in [0.3, 0.4) is 0 Å². The predicted octanol–water partition coefficient (Wildman–Crippen LogP) is 3.45. The molecule has 0 N–H and O–H groups in total. The van der Waals surface area contributed by atoms with Crippen molar-refractivity contribution >= 4 is 17.3 Å². The van der Waals surface area contributed by atoms with Gasteiger partial charge in [0.2, 0.25) is 0 Å². The lowest BCUT2D eigenvalue weighted by atomic mass is 10.0. The molecule has 1 aromatic carbocycles. The predicted molar refractivity (Wildman–Crippen MR) is 94.3 cm³/mol. The molecule has 1 aromatic heterocycles. The van der Waals surface area contributed by atoms with Crippen LogP contribution in [0.1, 0.15) is 12.0 Å². The standard InChI is InChI=1S/C18H22ClN3O/c1-21(2)15-5-3-14(4-6-15)12-22-10-9-16(22)13-23-17-7-8-18(19)20-11-17/h3-8,11,16H,9-10,12-13H2,1-2H3/t16-/m0/s1. The normalized spacial score (nSPS) is 17.6. The number of aromatic nitrogens is 1. The number of anilines is 1. The summed E-state index contributed by atoms with van der Waals surface area (Å²) in [7, 11) is 4.12. The Morgan fingerprint density at radius 3 is 2.57 bits per heavy atom. The zero-order valence-electron chi connectivity index (χ0n) is 13.6. The number of rotatable bonds is 6. The molecule has 0 bridgehead atoms. The number of hydrogen-bond acceptors (Lipinski definition) is 4. The lowest BCUT2D eigenvalue weighted by Crippen LogP contribution is -2.50. The Morgan fingerprint density at radius 2 is 2.00 bits per heavy atom. The fraction of sp³-hybridized carbons (Fsp3) is 0.389. The number of benzene rings is 1. The summed E-state index contributed by atoms with van der Waals surface area (Å²) in [5.41, 5.74) is 2.57. The third-order valence-corrected chi connectivity index (χ3v) is 4.47. The van der Waals surface area contributed by atoms with Gasteiger partial charge in [0, 0.05) is 38.9 Å². The molecular weight excluding hydrogens is 310 g/mol. The van der Waals surface area contributed by atoms with Crippen molar-refractivity contribution in [3.8, 4) is 5.75 Å². The minimum atomic E-state index is 0.471. The number of ether oxygens (including phenoxy) is 1. The van der Waals surface area contributed by atoms with E-state index in [1.54, 1.807) is 12.3 Å². The Balaban J connectivity index is 1.50. The van der Waals surface area contributed by atoms with Gasteiger partial charge >= 0.3 is 0 Å². The largest absolute Gasteiger partial charge is 0.490 e. The Labute approximate surface area is 142 Å². The molecule has 0 aliphatic carbocycles. The Kier molecular flexibility index (Phi) is 5.03. The fourth-order valence-corrected chi connectivity index (χ4v) is 2.78. The zero-order valence-corrected chi connectivity index (χ0v) is 14.3. The van der Waals surface area contributed by atoms with Gasteiger partial charge in [-0.15, -0.1) is 0 Å². The summed E-state index contributed by atoms with van der Waals surface area (Å²) in [6.45, 7) is 2.79. The topological polar surface area (TPSA) is 28.6 Å². The second-order valence-corrected chi connectivity index (χ2v) is 6.49. The van der Waals surface area contributed by atoms with Gasteiger partial charge in [-0.3, -0.25) is 4.90 Å². The van der Waals surface area contributed by atoms with Crippen molar-refractivity contribution < 1.29 is 4.74 Å². The third-order valence-electron chi connectivity index (χ3n) is 4.25. The highest BCUT2D eigenvalue weighted by Crippen LogP contribution is 2.23. The Bertz CT molecular complexity index is 628. The molecule has 0 unspecified atom stereocenters. The van der Waals surface area contributed by atoms with E-state index in [2.05, 4.69) is 53.1 Å². The zero-order chi connectivity index (χ0) is 16.2. The summed E-state index contributed by atoms with van der Waals surface area (Å²) in [6.07, 6.45) is 2.85. The van der Waals surface area contributed by atoms with E-state index in [0.29, 0.717) is 17.8 Å². The van der Waals surface area contributed by atoms with Crippen LogP contribution in [0.2, 0.25) is 5.15 Å².